The van der Waals surface area contributed by atoms with E-state index < -0.39 is 0 Å². The summed E-state index contributed by atoms with van der Waals surface area (Å²) in [6.07, 6.45) is 4.57. The summed E-state index contributed by atoms with van der Waals surface area (Å²) in [5, 5.41) is 0. The lowest BCUT2D eigenvalue weighted by molar-refractivity contribution is -0.595. The molecule has 0 aliphatic carbocycles. The number of hydrogen-bond donors (Lipinski definition) is 0. The van der Waals surface area contributed by atoms with Crippen LogP contribution in [0, 0.1) is 34.6 Å². The van der Waals surface area contributed by atoms with Gasteiger partial charge in [0.15, 0.2) is 5.52 Å². The van der Waals surface area contributed by atoms with Crippen LogP contribution in [-0.4, -0.2) is 4.40 Å². The van der Waals surface area contributed by atoms with E-state index in [1.165, 1.54) is 61.4 Å². The largest absolute Gasteiger partial charge is 1.00 e. The molecule has 0 atom stereocenters. The average Bonchev–Trinajstić information content (AvgIpc) is 3.20. The standard InChI is InChI=1S/C30H37N2.ClH/c1-18(2)26-13-11-14-27(19(3)4)30(26)31-16-25-12-10-15-28(32(25)17-31)29-23(8)21(6)20(5)22(7)24(29)9;/h10-19H,1-9H3;1H/q+1;/p-1. The van der Waals surface area contributed by atoms with E-state index in [1.807, 2.05) is 0 Å². The molecule has 0 N–H and O–H groups in total. The van der Waals surface area contributed by atoms with Gasteiger partial charge < -0.3 is 12.4 Å². The van der Waals surface area contributed by atoms with Crippen LogP contribution >= 0.6 is 0 Å². The van der Waals surface area contributed by atoms with Crippen LogP contribution in [0.1, 0.15) is 78.5 Å². The Morgan fingerprint density at radius 3 is 1.67 bits per heavy atom. The number of para-hydroxylation sites is 1. The minimum Gasteiger partial charge on any atom is -1.00 e. The zero-order valence-electron chi connectivity index (χ0n) is 21.5. The van der Waals surface area contributed by atoms with Gasteiger partial charge in [0, 0.05) is 16.7 Å². The van der Waals surface area contributed by atoms with Crippen molar-refractivity contribution in [1.82, 2.24) is 4.40 Å². The lowest BCUT2D eigenvalue weighted by Crippen LogP contribution is -3.00. The van der Waals surface area contributed by atoms with Gasteiger partial charge in [-0.05, 0) is 86.4 Å². The van der Waals surface area contributed by atoms with Gasteiger partial charge in [0.05, 0.1) is 0 Å². The highest BCUT2D eigenvalue weighted by Crippen LogP contribution is 2.35. The predicted molar refractivity (Wildman–Crippen MR) is 136 cm³/mol. The first kappa shape index (κ1) is 25.1. The molecule has 174 valence electrons. The number of hydrogen-bond acceptors (Lipinski definition) is 0. The van der Waals surface area contributed by atoms with Gasteiger partial charge in [-0.3, -0.25) is 0 Å². The lowest BCUT2D eigenvalue weighted by atomic mass is 9.88. The molecule has 0 spiro atoms. The van der Waals surface area contributed by atoms with Crippen molar-refractivity contribution in [3.63, 3.8) is 0 Å². The van der Waals surface area contributed by atoms with Crippen molar-refractivity contribution in [2.75, 3.05) is 0 Å². The molecular weight excluding hydrogens is 424 g/mol. The first-order valence-electron chi connectivity index (χ1n) is 11.9. The fourth-order valence-corrected chi connectivity index (χ4v) is 5.09. The molecule has 2 aromatic heterocycles. The van der Waals surface area contributed by atoms with E-state index in [1.54, 1.807) is 0 Å². The topological polar surface area (TPSA) is 8.29 Å². The van der Waals surface area contributed by atoms with Gasteiger partial charge in [-0.25, -0.2) is 4.57 Å². The van der Waals surface area contributed by atoms with Crippen molar-refractivity contribution >= 4 is 5.52 Å². The summed E-state index contributed by atoms with van der Waals surface area (Å²) < 4.78 is 4.72. The molecule has 33 heavy (non-hydrogen) atoms. The van der Waals surface area contributed by atoms with Gasteiger partial charge in [-0.15, -0.1) is 0 Å². The van der Waals surface area contributed by atoms with E-state index in [2.05, 4.69) is 120 Å². The number of halogens is 1. The second kappa shape index (κ2) is 9.35. The van der Waals surface area contributed by atoms with E-state index in [0.717, 1.165) is 0 Å². The third kappa shape index (κ3) is 4.10. The molecule has 0 saturated heterocycles. The summed E-state index contributed by atoms with van der Waals surface area (Å²) >= 11 is 0. The molecule has 0 saturated carbocycles. The molecule has 0 aliphatic rings. The number of pyridine rings is 1. The number of nitrogens with zero attached hydrogens (tertiary/aromatic N) is 2. The maximum absolute atomic E-state index is 2.37. The summed E-state index contributed by atoms with van der Waals surface area (Å²) in [6, 6.07) is 13.4. The van der Waals surface area contributed by atoms with Gasteiger partial charge in [-0.1, -0.05) is 52.0 Å². The molecule has 0 amide bonds. The van der Waals surface area contributed by atoms with Crippen LogP contribution in [0.5, 0.6) is 0 Å². The molecule has 0 unspecified atom stereocenters. The number of aromatic nitrogens is 2. The second-order valence-electron chi connectivity index (χ2n) is 9.95. The predicted octanol–water partition coefficient (Wildman–Crippen LogP) is 4.68. The third-order valence-corrected chi connectivity index (χ3v) is 7.43. The highest BCUT2D eigenvalue weighted by Gasteiger charge is 2.23. The summed E-state index contributed by atoms with van der Waals surface area (Å²) in [7, 11) is 0. The van der Waals surface area contributed by atoms with Crippen molar-refractivity contribution < 1.29 is 17.0 Å². The number of benzene rings is 2. The molecule has 3 heteroatoms. The van der Waals surface area contributed by atoms with E-state index in [4.69, 9.17) is 0 Å². The number of imidazole rings is 1. The summed E-state index contributed by atoms with van der Waals surface area (Å²) in [5.74, 6) is 0.927. The maximum Gasteiger partial charge on any atom is 0.254 e. The molecule has 2 aromatic carbocycles. The molecule has 0 bridgehead atoms. The van der Waals surface area contributed by atoms with Crippen LogP contribution in [0.4, 0.5) is 0 Å². The molecule has 0 radical (unpaired) electrons. The first-order valence-corrected chi connectivity index (χ1v) is 11.9. The quantitative estimate of drug-likeness (QED) is 0.391. The van der Waals surface area contributed by atoms with Crippen molar-refractivity contribution in [1.29, 1.82) is 0 Å². The van der Waals surface area contributed by atoms with Crippen LogP contribution in [0.15, 0.2) is 48.9 Å². The molecule has 2 heterocycles. The Hall–Kier alpha value is -2.58. The molecule has 0 fully saturated rings. The van der Waals surface area contributed by atoms with Crippen molar-refractivity contribution in [2.45, 2.75) is 74.1 Å². The van der Waals surface area contributed by atoms with Gasteiger partial charge >= 0.3 is 0 Å². The second-order valence-corrected chi connectivity index (χ2v) is 9.95. The molecular formula is C30H37ClN2. The molecule has 4 aromatic rings. The zero-order valence-corrected chi connectivity index (χ0v) is 22.3. The van der Waals surface area contributed by atoms with E-state index in [-0.39, 0.29) is 12.4 Å². The van der Waals surface area contributed by atoms with Crippen LogP contribution < -0.4 is 17.0 Å². The minimum absolute atomic E-state index is 0. The zero-order chi connectivity index (χ0) is 23.3. The van der Waals surface area contributed by atoms with E-state index in [9.17, 15) is 0 Å². The fraction of sp³-hybridized carbons (Fsp3) is 0.367. The Morgan fingerprint density at radius 1 is 0.667 bits per heavy atom. The highest BCUT2D eigenvalue weighted by molar-refractivity contribution is 5.74. The fourth-order valence-electron chi connectivity index (χ4n) is 5.09. The Bertz CT molecular complexity index is 1270. The Labute approximate surface area is 205 Å². The molecule has 4 rings (SSSR count). The van der Waals surface area contributed by atoms with E-state index >= 15 is 0 Å². The van der Waals surface area contributed by atoms with Gasteiger partial charge in [0.1, 0.15) is 17.6 Å². The molecule has 0 aliphatic heterocycles. The van der Waals surface area contributed by atoms with Crippen molar-refractivity contribution in [2.24, 2.45) is 0 Å². The number of fused-ring (bicyclic) bond motifs is 1. The van der Waals surface area contributed by atoms with Crippen molar-refractivity contribution in [3.8, 4) is 16.9 Å². The summed E-state index contributed by atoms with van der Waals surface area (Å²) in [5.41, 5.74) is 14.9. The van der Waals surface area contributed by atoms with Crippen LogP contribution in [-0.2, 0) is 0 Å². The van der Waals surface area contributed by atoms with Crippen LogP contribution in [0.25, 0.3) is 22.5 Å². The van der Waals surface area contributed by atoms with Crippen LogP contribution in [0.3, 0.4) is 0 Å². The maximum atomic E-state index is 2.37. The number of rotatable bonds is 4. The Morgan fingerprint density at radius 2 is 1.15 bits per heavy atom. The molecule has 2 nitrogen and oxygen atoms in total. The van der Waals surface area contributed by atoms with Gasteiger partial charge in [0.25, 0.3) is 6.33 Å². The van der Waals surface area contributed by atoms with E-state index in [0.29, 0.717) is 11.8 Å². The van der Waals surface area contributed by atoms with Crippen LogP contribution in [0.2, 0.25) is 0 Å². The third-order valence-electron chi connectivity index (χ3n) is 7.43. The van der Waals surface area contributed by atoms with Gasteiger partial charge in [-0.2, -0.15) is 4.40 Å². The highest BCUT2D eigenvalue weighted by atomic mass is 35.5. The van der Waals surface area contributed by atoms with Crippen molar-refractivity contribution in [3.05, 3.63) is 87.9 Å². The Kier molecular flexibility index (Phi) is 7.10. The summed E-state index contributed by atoms with van der Waals surface area (Å²) in [6.45, 7) is 20.4. The summed E-state index contributed by atoms with van der Waals surface area (Å²) in [4.78, 5) is 0. The average molecular weight is 461 g/mol. The smallest absolute Gasteiger partial charge is 0.254 e. The first-order chi connectivity index (χ1) is 15.1. The normalized spacial score (nSPS) is 11.5. The van der Waals surface area contributed by atoms with Gasteiger partial charge in [0.2, 0.25) is 0 Å². The Balaban J connectivity index is 0.00000306. The lowest BCUT2D eigenvalue weighted by Gasteiger charge is -2.18. The monoisotopic (exact) mass is 460 g/mol. The SMILES string of the molecule is Cc1c(C)c(C)c(-c2cccc3c[n+](-c4c(C(C)C)cccc4C(C)C)cn23)c(C)c1C.[Cl-]. The minimum atomic E-state index is 0.